The quantitative estimate of drug-likeness (QED) is 0.355. The van der Waals surface area contributed by atoms with E-state index in [4.69, 9.17) is 14.3 Å². The Hall–Kier alpha value is -2.61. The van der Waals surface area contributed by atoms with Crippen LogP contribution in [0.2, 0.25) is 0 Å². The molecule has 26 heavy (non-hydrogen) atoms. The van der Waals surface area contributed by atoms with E-state index < -0.39 is 6.10 Å². The number of hydrogen-bond acceptors (Lipinski definition) is 7. The molecule has 7 heteroatoms. The van der Waals surface area contributed by atoms with E-state index in [-0.39, 0.29) is 35.4 Å². The summed E-state index contributed by atoms with van der Waals surface area (Å²) in [5.41, 5.74) is 0.341. The van der Waals surface area contributed by atoms with Crippen LogP contribution in [0.15, 0.2) is 45.6 Å². The first-order valence-electron chi connectivity index (χ1n) is 8.41. The third kappa shape index (κ3) is 3.96. The zero-order valence-corrected chi connectivity index (χ0v) is 14.1. The number of phenolic OH excluding ortho intramolecular Hbond substituents is 1. The maximum Gasteiger partial charge on any atom is 0.204 e. The van der Waals surface area contributed by atoms with Gasteiger partial charge >= 0.3 is 0 Å². The van der Waals surface area contributed by atoms with E-state index in [2.05, 4.69) is 5.32 Å². The molecule has 0 fully saturated rings. The number of phenols is 1. The summed E-state index contributed by atoms with van der Waals surface area (Å²) in [5.74, 6) is 0.0652. The van der Waals surface area contributed by atoms with E-state index in [0.29, 0.717) is 36.2 Å². The Kier molecular flexibility index (Phi) is 5.72. The number of aliphatic hydroxyl groups is 2. The highest BCUT2D eigenvalue weighted by Crippen LogP contribution is 2.30. The molecule has 1 atom stereocenters. The highest BCUT2D eigenvalue weighted by atomic mass is 16.5. The van der Waals surface area contributed by atoms with Crippen LogP contribution in [0.3, 0.4) is 0 Å². The number of aliphatic hydroxyl groups excluding tert-OH is 2. The summed E-state index contributed by atoms with van der Waals surface area (Å²) < 4.78 is 11.2. The van der Waals surface area contributed by atoms with Crippen molar-refractivity contribution in [2.24, 2.45) is 0 Å². The molecule has 0 aliphatic rings. The van der Waals surface area contributed by atoms with Crippen molar-refractivity contribution >= 4 is 21.9 Å². The first kappa shape index (κ1) is 18.2. The molecule has 0 bridgehead atoms. The van der Waals surface area contributed by atoms with Crippen LogP contribution < -0.4 is 15.5 Å². The lowest BCUT2D eigenvalue weighted by Crippen LogP contribution is -2.32. The van der Waals surface area contributed by atoms with E-state index in [1.165, 1.54) is 12.1 Å². The number of ether oxygens (including phenoxy) is 1. The van der Waals surface area contributed by atoms with Gasteiger partial charge in [-0.25, -0.2) is 0 Å². The molecule has 1 unspecified atom stereocenters. The van der Waals surface area contributed by atoms with Gasteiger partial charge in [0.05, 0.1) is 5.39 Å². The molecular weight excluding hydrogens is 338 g/mol. The SMILES string of the molecule is O=c1c2ccccc2oc2cc(OCC(O)CNCCCO)cc(O)c12. The number of rotatable bonds is 8. The van der Waals surface area contributed by atoms with Gasteiger partial charge in [-0.3, -0.25) is 4.79 Å². The molecule has 0 radical (unpaired) electrons. The molecule has 0 aliphatic carbocycles. The second-order valence-electron chi connectivity index (χ2n) is 5.99. The van der Waals surface area contributed by atoms with E-state index in [1.54, 1.807) is 24.3 Å². The summed E-state index contributed by atoms with van der Waals surface area (Å²) in [6.45, 7) is 1.02. The Balaban J connectivity index is 1.78. The van der Waals surface area contributed by atoms with Crippen molar-refractivity contribution in [3.8, 4) is 11.5 Å². The van der Waals surface area contributed by atoms with Gasteiger partial charge in [0, 0.05) is 25.3 Å². The molecule has 3 rings (SSSR count). The summed E-state index contributed by atoms with van der Waals surface area (Å²) in [6.07, 6.45) is -0.144. The minimum Gasteiger partial charge on any atom is -0.507 e. The lowest BCUT2D eigenvalue weighted by atomic mass is 10.1. The van der Waals surface area contributed by atoms with Gasteiger partial charge in [0.25, 0.3) is 0 Å². The van der Waals surface area contributed by atoms with Crippen molar-refractivity contribution in [1.82, 2.24) is 5.32 Å². The molecule has 4 N–H and O–H groups in total. The molecule has 3 aromatic rings. The Bertz CT molecular complexity index is 952. The maximum absolute atomic E-state index is 12.5. The Morgan fingerprint density at radius 1 is 1.19 bits per heavy atom. The summed E-state index contributed by atoms with van der Waals surface area (Å²) in [5, 5.41) is 32.3. The third-order valence-electron chi connectivity index (χ3n) is 3.97. The van der Waals surface area contributed by atoms with E-state index in [9.17, 15) is 15.0 Å². The zero-order chi connectivity index (χ0) is 18.5. The fourth-order valence-electron chi connectivity index (χ4n) is 2.69. The molecule has 0 aliphatic heterocycles. The number of hydrogen-bond donors (Lipinski definition) is 4. The third-order valence-corrected chi connectivity index (χ3v) is 3.97. The Labute approximate surface area is 149 Å². The largest absolute Gasteiger partial charge is 0.507 e. The predicted molar refractivity (Wildman–Crippen MR) is 97.7 cm³/mol. The predicted octanol–water partition coefficient (Wildman–Crippen LogP) is 1.36. The summed E-state index contributed by atoms with van der Waals surface area (Å²) in [7, 11) is 0. The van der Waals surface area contributed by atoms with Crippen LogP contribution in [0, 0.1) is 0 Å². The van der Waals surface area contributed by atoms with Crippen molar-refractivity contribution in [3.63, 3.8) is 0 Å². The van der Waals surface area contributed by atoms with Gasteiger partial charge in [-0.2, -0.15) is 0 Å². The molecule has 0 spiro atoms. The van der Waals surface area contributed by atoms with Gasteiger partial charge < -0.3 is 29.8 Å². The number of nitrogens with one attached hydrogen (secondary N) is 1. The van der Waals surface area contributed by atoms with Gasteiger partial charge in [-0.05, 0) is 25.1 Å². The van der Waals surface area contributed by atoms with E-state index in [0.717, 1.165) is 0 Å². The van der Waals surface area contributed by atoms with Crippen molar-refractivity contribution in [2.75, 3.05) is 26.3 Å². The normalized spacial score (nSPS) is 12.5. The first-order chi connectivity index (χ1) is 12.6. The van der Waals surface area contributed by atoms with Crippen LogP contribution in [0.5, 0.6) is 11.5 Å². The van der Waals surface area contributed by atoms with Gasteiger partial charge in [-0.15, -0.1) is 0 Å². The number of fused-ring (bicyclic) bond motifs is 2. The summed E-state index contributed by atoms with van der Waals surface area (Å²) in [6, 6.07) is 9.68. The van der Waals surface area contributed by atoms with Crippen LogP contribution in [0.25, 0.3) is 21.9 Å². The van der Waals surface area contributed by atoms with Gasteiger partial charge in [0.1, 0.15) is 40.8 Å². The molecule has 1 aromatic heterocycles. The molecule has 0 saturated heterocycles. The zero-order valence-electron chi connectivity index (χ0n) is 14.1. The van der Waals surface area contributed by atoms with Crippen LogP contribution in [-0.2, 0) is 0 Å². The standard InChI is InChI=1S/C19H21NO6/c21-7-3-6-20-10-12(22)11-25-13-8-15(23)18-17(9-13)26-16-5-2-1-4-14(16)19(18)24/h1-2,4-5,8-9,12,20-23H,3,6-7,10-11H2. The van der Waals surface area contributed by atoms with Gasteiger partial charge in [-0.1, -0.05) is 12.1 Å². The average molecular weight is 359 g/mol. The number of aromatic hydroxyl groups is 1. The maximum atomic E-state index is 12.5. The second kappa shape index (κ2) is 8.18. The van der Waals surface area contributed by atoms with Crippen LogP contribution >= 0.6 is 0 Å². The van der Waals surface area contributed by atoms with E-state index >= 15 is 0 Å². The minimum absolute atomic E-state index is 0.00881. The summed E-state index contributed by atoms with van der Waals surface area (Å²) >= 11 is 0. The van der Waals surface area contributed by atoms with Crippen molar-refractivity contribution < 1.29 is 24.5 Å². The molecule has 2 aromatic carbocycles. The van der Waals surface area contributed by atoms with Crippen molar-refractivity contribution in [2.45, 2.75) is 12.5 Å². The van der Waals surface area contributed by atoms with Crippen molar-refractivity contribution in [1.29, 1.82) is 0 Å². The Morgan fingerprint density at radius 3 is 2.81 bits per heavy atom. The molecule has 0 saturated carbocycles. The van der Waals surface area contributed by atoms with Gasteiger partial charge in [0.2, 0.25) is 5.43 Å². The molecule has 1 heterocycles. The fraction of sp³-hybridized carbons (Fsp3) is 0.316. The van der Waals surface area contributed by atoms with Crippen LogP contribution in [-0.4, -0.2) is 47.7 Å². The first-order valence-corrected chi connectivity index (χ1v) is 8.41. The average Bonchev–Trinajstić information content (AvgIpc) is 2.63. The smallest absolute Gasteiger partial charge is 0.204 e. The van der Waals surface area contributed by atoms with Crippen molar-refractivity contribution in [3.05, 3.63) is 46.6 Å². The van der Waals surface area contributed by atoms with E-state index in [1.807, 2.05) is 0 Å². The second-order valence-corrected chi connectivity index (χ2v) is 5.99. The number of benzene rings is 2. The topological polar surface area (TPSA) is 112 Å². The number of para-hydroxylation sites is 1. The highest BCUT2D eigenvalue weighted by Gasteiger charge is 2.14. The fourth-order valence-corrected chi connectivity index (χ4v) is 2.69. The highest BCUT2D eigenvalue weighted by molar-refractivity contribution is 5.93. The summed E-state index contributed by atoms with van der Waals surface area (Å²) in [4.78, 5) is 12.5. The molecule has 0 amide bonds. The monoisotopic (exact) mass is 359 g/mol. The minimum atomic E-state index is -0.754. The van der Waals surface area contributed by atoms with Crippen LogP contribution in [0.4, 0.5) is 0 Å². The van der Waals surface area contributed by atoms with Gasteiger partial charge in [0.15, 0.2) is 0 Å². The Morgan fingerprint density at radius 2 is 2.00 bits per heavy atom. The molecular formula is C19H21NO6. The lowest BCUT2D eigenvalue weighted by Gasteiger charge is -2.14. The molecule has 7 nitrogen and oxygen atoms in total. The molecule has 138 valence electrons. The van der Waals surface area contributed by atoms with Crippen LogP contribution in [0.1, 0.15) is 6.42 Å². The lowest BCUT2D eigenvalue weighted by molar-refractivity contribution is 0.106.